The van der Waals surface area contributed by atoms with E-state index in [0.717, 1.165) is 25.3 Å². The Morgan fingerprint density at radius 1 is 1.47 bits per heavy atom. The SMILES string of the molecule is C=CCOc1cccc2c1CCNC2.Cl. The van der Waals surface area contributed by atoms with Crippen molar-refractivity contribution >= 4 is 12.4 Å². The second-order valence-electron chi connectivity index (χ2n) is 3.42. The van der Waals surface area contributed by atoms with Gasteiger partial charge in [-0.15, -0.1) is 12.4 Å². The Hall–Kier alpha value is -0.990. The second-order valence-corrected chi connectivity index (χ2v) is 3.42. The van der Waals surface area contributed by atoms with E-state index in [1.807, 2.05) is 12.1 Å². The Morgan fingerprint density at radius 3 is 3.13 bits per heavy atom. The van der Waals surface area contributed by atoms with Crippen LogP contribution in [-0.2, 0) is 13.0 Å². The monoisotopic (exact) mass is 225 g/mol. The topological polar surface area (TPSA) is 21.3 Å². The van der Waals surface area contributed by atoms with E-state index in [0.29, 0.717) is 6.61 Å². The molecule has 1 aliphatic rings. The van der Waals surface area contributed by atoms with E-state index in [2.05, 4.69) is 18.0 Å². The summed E-state index contributed by atoms with van der Waals surface area (Å²) in [6, 6.07) is 6.24. The highest BCUT2D eigenvalue weighted by Gasteiger charge is 2.12. The third-order valence-corrected chi connectivity index (χ3v) is 2.45. The average molecular weight is 226 g/mol. The van der Waals surface area contributed by atoms with Gasteiger partial charge in [-0.1, -0.05) is 24.8 Å². The maximum absolute atomic E-state index is 5.61. The zero-order valence-electron chi connectivity index (χ0n) is 8.66. The van der Waals surface area contributed by atoms with E-state index in [4.69, 9.17) is 4.74 Å². The minimum Gasteiger partial charge on any atom is -0.489 e. The quantitative estimate of drug-likeness (QED) is 0.798. The van der Waals surface area contributed by atoms with Gasteiger partial charge in [0.05, 0.1) is 0 Å². The Morgan fingerprint density at radius 2 is 2.33 bits per heavy atom. The van der Waals surface area contributed by atoms with Crippen LogP contribution >= 0.6 is 12.4 Å². The van der Waals surface area contributed by atoms with Crippen LogP contribution in [0.4, 0.5) is 0 Å². The van der Waals surface area contributed by atoms with Crippen LogP contribution in [0.2, 0.25) is 0 Å². The van der Waals surface area contributed by atoms with Crippen LogP contribution in [-0.4, -0.2) is 13.2 Å². The summed E-state index contributed by atoms with van der Waals surface area (Å²) >= 11 is 0. The summed E-state index contributed by atoms with van der Waals surface area (Å²) in [5.74, 6) is 1.02. The van der Waals surface area contributed by atoms with Crippen molar-refractivity contribution in [2.75, 3.05) is 13.2 Å². The smallest absolute Gasteiger partial charge is 0.123 e. The lowest BCUT2D eigenvalue weighted by molar-refractivity contribution is 0.356. The molecular formula is C12H16ClNO. The lowest BCUT2D eigenvalue weighted by atomic mass is 10.0. The molecule has 0 aromatic heterocycles. The van der Waals surface area contributed by atoms with Crippen molar-refractivity contribution in [3.05, 3.63) is 42.0 Å². The Balaban J connectivity index is 0.00000112. The molecule has 0 bridgehead atoms. The van der Waals surface area contributed by atoms with Gasteiger partial charge in [-0.25, -0.2) is 0 Å². The number of hydrogen-bond donors (Lipinski definition) is 1. The van der Waals surface area contributed by atoms with Gasteiger partial charge in [-0.05, 0) is 30.2 Å². The van der Waals surface area contributed by atoms with E-state index >= 15 is 0 Å². The maximum atomic E-state index is 5.61. The van der Waals surface area contributed by atoms with Gasteiger partial charge in [-0.3, -0.25) is 0 Å². The molecule has 0 saturated carbocycles. The predicted octanol–water partition coefficient (Wildman–Crippen LogP) is 2.32. The van der Waals surface area contributed by atoms with Crippen LogP contribution in [0.15, 0.2) is 30.9 Å². The molecule has 1 aliphatic heterocycles. The van der Waals surface area contributed by atoms with Gasteiger partial charge in [0.25, 0.3) is 0 Å². The van der Waals surface area contributed by atoms with Crippen LogP contribution in [0.3, 0.4) is 0 Å². The maximum Gasteiger partial charge on any atom is 0.123 e. The number of nitrogens with one attached hydrogen (secondary N) is 1. The summed E-state index contributed by atoms with van der Waals surface area (Å²) < 4.78 is 5.61. The summed E-state index contributed by atoms with van der Waals surface area (Å²) in [6.45, 7) is 6.24. The van der Waals surface area contributed by atoms with E-state index < -0.39 is 0 Å². The summed E-state index contributed by atoms with van der Waals surface area (Å²) in [4.78, 5) is 0. The van der Waals surface area contributed by atoms with Gasteiger partial charge in [-0.2, -0.15) is 0 Å². The number of rotatable bonds is 3. The van der Waals surface area contributed by atoms with Crippen molar-refractivity contribution in [3.63, 3.8) is 0 Å². The van der Waals surface area contributed by atoms with Gasteiger partial charge in [0.2, 0.25) is 0 Å². The number of halogens is 1. The zero-order valence-corrected chi connectivity index (χ0v) is 9.48. The molecule has 0 radical (unpaired) electrons. The zero-order chi connectivity index (χ0) is 9.80. The van der Waals surface area contributed by atoms with Gasteiger partial charge in [0, 0.05) is 6.54 Å². The molecule has 0 fully saturated rings. The molecule has 0 amide bonds. The molecule has 2 rings (SSSR count). The molecule has 3 heteroatoms. The minimum atomic E-state index is 0. The van der Waals surface area contributed by atoms with E-state index in [1.165, 1.54) is 11.1 Å². The van der Waals surface area contributed by atoms with E-state index in [-0.39, 0.29) is 12.4 Å². The first-order valence-electron chi connectivity index (χ1n) is 4.97. The fourth-order valence-corrected chi connectivity index (χ4v) is 1.78. The molecule has 2 nitrogen and oxygen atoms in total. The van der Waals surface area contributed by atoms with Crippen molar-refractivity contribution in [1.82, 2.24) is 5.32 Å². The third kappa shape index (κ3) is 2.74. The Labute approximate surface area is 96.7 Å². The standard InChI is InChI=1S/C12H15NO.ClH/c1-2-8-14-12-5-3-4-10-9-13-7-6-11(10)12;/h2-5,13H,1,6-9H2;1H. The summed E-state index contributed by atoms with van der Waals surface area (Å²) in [6.07, 6.45) is 2.84. The fourth-order valence-electron chi connectivity index (χ4n) is 1.78. The van der Waals surface area contributed by atoms with Crippen LogP contribution in [0.25, 0.3) is 0 Å². The van der Waals surface area contributed by atoms with Crippen LogP contribution in [0.1, 0.15) is 11.1 Å². The molecule has 15 heavy (non-hydrogen) atoms. The summed E-state index contributed by atoms with van der Waals surface area (Å²) in [7, 11) is 0. The first-order valence-corrected chi connectivity index (χ1v) is 4.97. The molecule has 0 spiro atoms. The van der Waals surface area contributed by atoms with Crippen LogP contribution in [0, 0.1) is 0 Å². The second kappa shape index (κ2) is 5.79. The molecule has 0 atom stereocenters. The molecule has 0 saturated heterocycles. The van der Waals surface area contributed by atoms with E-state index in [1.54, 1.807) is 6.08 Å². The van der Waals surface area contributed by atoms with Crippen LogP contribution in [0.5, 0.6) is 5.75 Å². The third-order valence-electron chi connectivity index (χ3n) is 2.45. The first-order chi connectivity index (χ1) is 6.92. The van der Waals surface area contributed by atoms with Crippen molar-refractivity contribution in [2.24, 2.45) is 0 Å². The highest BCUT2D eigenvalue weighted by atomic mass is 35.5. The largest absolute Gasteiger partial charge is 0.489 e. The summed E-state index contributed by atoms with van der Waals surface area (Å²) in [5, 5.41) is 3.35. The molecule has 0 aliphatic carbocycles. The van der Waals surface area contributed by atoms with Crippen molar-refractivity contribution in [2.45, 2.75) is 13.0 Å². The minimum absolute atomic E-state index is 0. The predicted molar refractivity (Wildman–Crippen MR) is 64.8 cm³/mol. The number of benzene rings is 1. The first kappa shape index (κ1) is 12.1. The Kier molecular flexibility index (Phi) is 4.66. The van der Waals surface area contributed by atoms with Gasteiger partial charge in [0.15, 0.2) is 0 Å². The van der Waals surface area contributed by atoms with E-state index in [9.17, 15) is 0 Å². The lowest BCUT2D eigenvalue weighted by Gasteiger charge is -2.19. The molecule has 82 valence electrons. The van der Waals surface area contributed by atoms with Crippen molar-refractivity contribution in [3.8, 4) is 5.75 Å². The number of fused-ring (bicyclic) bond motifs is 1. The molecule has 1 aromatic carbocycles. The molecule has 1 heterocycles. The highest BCUT2D eigenvalue weighted by molar-refractivity contribution is 5.85. The average Bonchev–Trinajstić information content (AvgIpc) is 2.26. The Bertz CT molecular complexity index is 338. The van der Waals surface area contributed by atoms with Crippen LogP contribution < -0.4 is 10.1 Å². The summed E-state index contributed by atoms with van der Waals surface area (Å²) in [5.41, 5.74) is 2.71. The fraction of sp³-hybridized carbons (Fsp3) is 0.333. The molecular weight excluding hydrogens is 210 g/mol. The number of hydrogen-bond acceptors (Lipinski definition) is 2. The molecule has 1 N–H and O–H groups in total. The van der Waals surface area contributed by atoms with Crippen molar-refractivity contribution < 1.29 is 4.74 Å². The molecule has 1 aromatic rings. The van der Waals surface area contributed by atoms with Gasteiger partial charge >= 0.3 is 0 Å². The lowest BCUT2D eigenvalue weighted by Crippen LogP contribution is -2.24. The van der Waals surface area contributed by atoms with Crippen molar-refractivity contribution in [1.29, 1.82) is 0 Å². The van der Waals surface area contributed by atoms with Gasteiger partial charge < -0.3 is 10.1 Å². The normalized spacial score (nSPS) is 13.6. The number of ether oxygens (including phenoxy) is 1. The van der Waals surface area contributed by atoms with Gasteiger partial charge in [0.1, 0.15) is 12.4 Å². The highest BCUT2D eigenvalue weighted by Crippen LogP contribution is 2.24. The molecule has 0 unspecified atom stereocenters.